The summed E-state index contributed by atoms with van der Waals surface area (Å²) in [4.78, 5) is 22.6. The number of thiazole rings is 1. The molecule has 0 saturated heterocycles. The number of benzene rings is 1. The third-order valence-corrected chi connectivity index (χ3v) is 2.88. The molecule has 0 atom stereocenters. The molecule has 0 radical (unpaired) electrons. The van der Waals surface area contributed by atoms with Gasteiger partial charge in [-0.05, 0) is 18.2 Å². The van der Waals surface area contributed by atoms with Crippen molar-refractivity contribution in [2.24, 2.45) is 0 Å². The Kier molecular flexibility index (Phi) is 3.14. The Balaban J connectivity index is 2.29. The van der Waals surface area contributed by atoms with Crippen LogP contribution in [0.25, 0.3) is 0 Å². The Morgan fingerprint density at radius 3 is 2.76 bits per heavy atom. The van der Waals surface area contributed by atoms with Crippen molar-refractivity contribution >= 4 is 17.1 Å². The van der Waals surface area contributed by atoms with Crippen molar-refractivity contribution in [3.8, 4) is 0 Å². The largest absolute Gasteiger partial charge is 0.307 e. The molecule has 1 aromatic carbocycles. The van der Waals surface area contributed by atoms with Gasteiger partial charge in [0.25, 0.3) is 0 Å². The van der Waals surface area contributed by atoms with Gasteiger partial charge >= 0.3 is 4.87 Å². The fourth-order valence-electron chi connectivity index (χ4n) is 1.36. The lowest BCUT2D eigenvalue weighted by Crippen LogP contribution is -2.19. The first-order chi connectivity index (χ1) is 8.08. The van der Waals surface area contributed by atoms with Crippen molar-refractivity contribution in [1.82, 2.24) is 4.57 Å². The van der Waals surface area contributed by atoms with Crippen molar-refractivity contribution in [2.75, 3.05) is 0 Å². The summed E-state index contributed by atoms with van der Waals surface area (Å²) >= 11 is 0.936. The molecule has 0 aliphatic heterocycles. The molecule has 0 spiro atoms. The molecule has 6 heteroatoms. The quantitative estimate of drug-likeness (QED) is 0.787. The zero-order chi connectivity index (χ0) is 12.4. The van der Waals surface area contributed by atoms with Gasteiger partial charge in [0.05, 0.1) is 12.1 Å². The van der Waals surface area contributed by atoms with Gasteiger partial charge in [-0.2, -0.15) is 0 Å². The van der Waals surface area contributed by atoms with E-state index in [1.165, 1.54) is 11.6 Å². The topological polar surface area (TPSA) is 39.1 Å². The van der Waals surface area contributed by atoms with Crippen LogP contribution in [0.15, 0.2) is 34.6 Å². The highest BCUT2D eigenvalue weighted by molar-refractivity contribution is 7.07. The van der Waals surface area contributed by atoms with Gasteiger partial charge < -0.3 is 0 Å². The first-order valence-corrected chi connectivity index (χ1v) is 5.58. The van der Waals surface area contributed by atoms with E-state index in [2.05, 4.69) is 0 Å². The molecule has 0 N–H and O–H groups in total. The van der Waals surface area contributed by atoms with Crippen LogP contribution in [0.2, 0.25) is 0 Å². The molecule has 0 amide bonds. The number of ketones is 1. The summed E-state index contributed by atoms with van der Waals surface area (Å²) in [7, 11) is 0. The molecule has 17 heavy (non-hydrogen) atoms. The van der Waals surface area contributed by atoms with Gasteiger partial charge in [-0.15, -0.1) is 0 Å². The highest BCUT2D eigenvalue weighted by atomic mass is 32.1. The third kappa shape index (κ3) is 2.47. The molecule has 0 aliphatic carbocycles. The lowest BCUT2D eigenvalue weighted by atomic mass is 10.1. The van der Waals surface area contributed by atoms with E-state index < -0.39 is 17.4 Å². The Hall–Kier alpha value is -1.82. The molecule has 2 aromatic rings. The number of Topliss-reactive ketones (excluding diaryl/α,β-unsaturated/α-hetero) is 1. The van der Waals surface area contributed by atoms with Gasteiger partial charge in [0.15, 0.2) is 5.78 Å². The number of carbonyl (C=O) groups is 1. The number of nitrogens with zero attached hydrogens (tertiary/aromatic N) is 1. The summed E-state index contributed by atoms with van der Waals surface area (Å²) in [6.45, 7) is -0.289. The molecule has 0 saturated carbocycles. The van der Waals surface area contributed by atoms with E-state index in [0.29, 0.717) is 0 Å². The molecule has 2 rings (SSSR count). The molecular formula is C11H7F2NO2S. The first kappa shape index (κ1) is 11.7. The lowest BCUT2D eigenvalue weighted by Gasteiger charge is -2.03. The van der Waals surface area contributed by atoms with Gasteiger partial charge in [0, 0.05) is 11.6 Å². The third-order valence-electron chi connectivity index (χ3n) is 2.19. The molecule has 1 aromatic heterocycles. The highest BCUT2D eigenvalue weighted by Gasteiger charge is 2.14. The van der Waals surface area contributed by atoms with Gasteiger partial charge in [0.2, 0.25) is 0 Å². The van der Waals surface area contributed by atoms with Crippen molar-refractivity contribution in [3.05, 3.63) is 56.6 Å². The molecule has 88 valence electrons. The van der Waals surface area contributed by atoms with E-state index in [9.17, 15) is 18.4 Å². The Morgan fingerprint density at radius 2 is 2.12 bits per heavy atom. The smallest absolute Gasteiger partial charge is 0.298 e. The molecule has 0 aliphatic rings. The molecule has 0 bridgehead atoms. The summed E-state index contributed by atoms with van der Waals surface area (Å²) < 4.78 is 27.3. The fraction of sp³-hybridized carbons (Fsp3) is 0.0909. The van der Waals surface area contributed by atoms with Crippen LogP contribution in [0.5, 0.6) is 0 Å². The van der Waals surface area contributed by atoms with Crippen LogP contribution in [-0.4, -0.2) is 10.4 Å². The Labute approximate surface area is 98.9 Å². The Morgan fingerprint density at radius 1 is 1.35 bits per heavy atom. The SMILES string of the molecule is O=C(Cn1ccsc1=O)c1cc(F)ccc1F. The van der Waals surface area contributed by atoms with Crippen molar-refractivity contribution in [3.63, 3.8) is 0 Å². The van der Waals surface area contributed by atoms with E-state index in [0.717, 1.165) is 34.1 Å². The maximum atomic E-state index is 13.3. The minimum atomic E-state index is -0.792. The zero-order valence-corrected chi connectivity index (χ0v) is 9.34. The average molecular weight is 255 g/mol. The second kappa shape index (κ2) is 4.58. The van der Waals surface area contributed by atoms with E-state index in [1.807, 2.05) is 0 Å². The van der Waals surface area contributed by atoms with Crippen LogP contribution in [0, 0.1) is 11.6 Å². The number of halogens is 2. The second-order valence-corrected chi connectivity index (χ2v) is 4.20. The fourth-order valence-corrected chi connectivity index (χ4v) is 1.94. The van der Waals surface area contributed by atoms with Gasteiger partial charge in [-0.25, -0.2) is 8.78 Å². The second-order valence-electron chi connectivity index (χ2n) is 3.34. The minimum Gasteiger partial charge on any atom is -0.298 e. The van der Waals surface area contributed by atoms with Crippen LogP contribution >= 0.6 is 11.3 Å². The Bertz CT molecular complexity index is 618. The maximum absolute atomic E-state index is 13.3. The van der Waals surface area contributed by atoms with Gasteiger partial charge in [-0.3, -0.25) is 14.2 Å². The van der Waals surface area contributed by atoms with Crippen LogP contribution < -0.4 is 4.87 Å². The van der Waals surface area contributed by atoms with E-state index >= 15 is 0 Å². The highest BCUT2D eigenvalue weighted by Crippen LogP contribution is 2.11. The number of rotatable bonds is 3. The number of carbonyl (C=O) groups excluding carboxylic acids is 1. The monoisotopic (exact) mass is 255 g/mol. The van der Waals surface area contributed by atoms with E-state index in [4.69, 9.17) is 0 Å². The van der Waals surface area contributed by atoms with Crippen molar-refractivity contribution in [2.45, 2.75) is 6.54 Å². The minimum absolute atomic E-state index is 0.289. The predicted octanol–water partition coefficient (Wildman–Crippen LogP) is 2.07. The molecular weight excluding hydrogens is 248 g/mol. The standard InChI is InChI=1S/C11H7F2NO2S/c12-7-1-2-9(13)8(5-7)10(15)6-14-3-4-17-11(14)16/h1-5H,6H2. The molecule has 0 fully saturated rings. The normalized spacial score (nSPS) is 10.5. The van der Waals surface area contributed by atoms with Gasteiger partial charge in [-0.1, -0.05) is 11.3 Å². The van der Waals surface area contributed by atoms with Crippen LogP contribution in [-0.2, 0) is 6.54 Å². The molecule has 3 nitrogen and oxygen atoms in total. The van der Waals surface area contributed by atoms with E-state index in [1.54, 1.807) is 0 Å². The number of hydrogen-bond donors (Lipinski definition) is 0. The molecule has 0 unspecified atom stereocenters. The number of aromatic nitrogens is 1. The molecule has 1 heterocycles. The summed E-state index contributed by atoms with van der Waals surface area (Å²) in [6.07, 6.45) is 1.43. The first-order valence-electron chi connectivity index (χ1n) is 4.70. The summed E-state index contributed by atoms with van der Waals surface area (Å²) in [5.74, 6) is -2.12. The maximum Gasteiger partial charge on any atom is 0.307 e. The lowest BCUT2D eigenvalue weighted by molar-refractivity contribution is 0.0967. The van der Waals surface area contributed by atoms with Crippen LogP contribution in [0.1, 0.15) is 10.4 Å². The van der Waals surface area contributed by atoms with Crippen LogP contribution in [0.3, 0.4) is 0 Å². The van der Waals surface area contributed by atoms with E-state index in [-0.39, 0.29) is 17.0 Å². The predicted molar refractivity (Wildman–Crippen MR) is 59.3 cm³/mol. The summed E-state index contributed by atoms with van der Waals surface area (Å²) in [5, 5.41) is 1.53. The van der Waals surface area contributed by atoms with Crippen molar-refractivity contribution in [1.29, 1.82) is 0 Å². The summed E-state index contributed by atoms with van der Waals surface area (Å²) in [6, 6.07) is 2.65. The average Bonchev–Trinajstić information content (AvgIpc) is 2.68. The van der Waals surface area contributed by atoms with Gasteiger partial charge in [0.1, 0.15) is 11.6 Å². The zero-order valence-electron chi connectivity index (χ0n) is 8.52. The summed E-state index contributed by atoms with van der Waals surface area (Å²) in [5.41, 5.74) is -0.344. The van der Waals surface area contributed by atoms with Crippen molar-refractivity contribution < 1.29 is 13.6 Å². The number of hydrogen-bond acceptors (Lipinski definition) is 3. The van der Waals surface area contributed by atoms with Crippen LogP contribution in [0.4, 0.5) is 8.78 Å².